The summed E-state index contributed by atoms with van der Waals surface area (Å²) in [5.74, 6) is 0.679. The van der Waals surface area contributed by atoms with Crippen molar-refractivity contribution in [2.24, 2.45) is 0 Å². The standard InChI is InChI=1S/C46H28N2O/c1-2-10-31(11-3-1)46-47-42(28-43(48-46)40-18-9-17-39-38-14-6-7-19-44(38)49-45(39)40)30-22-20-29(21-23-30)35-15-8-16-36-37(35)25-24-34-26-32-12-4-5-13-33(32)27-41(34)36/h1-28H. The second-order valence-corrected chi connectivity index (χ2v) is 12.6. The van der Waals surface area contributed by atoms with Gasteiger partial charge in [0.2, 0.25) is 0 Å². The van der Waals surface area contributed by atoms with Crippen molar-refractivity contribution in [1.29, 1.82) is 0 Å². The zero-order valence-corrected chi connectivity index (χ0v) is 26.5. The minimum Gasteiger partial charge on any atom is -0.455 e. The number of furan rings is 1. The topological polar surface area (TPSA) is 38.9 Å². The molecular formula is C46H28N2O. The molecule has 228 valence electrons. The average Bonchev–Trinajstić information content (AvgIpc) is 3.56. The lowest BCUT2D eigenvalue weighted by atomic mass is 9.93. The highest BCUT2D eigenvalue weighted by Gasteiger charge is 2.17. The minimum absolute atomic E-state index is 0.679. The van der Waals surface area contributed by atoms with E-state index in [1.165, 1.54) is 43.4 Å². The number of para-hydroxylation sites is 2. The molecule has 0 aliphatic rings. The molecule has 0 atom stereocenters. The number of hydrogen-bond donors (Lipinski definition) is 0. The van der Waals surface area contributed by atoms with Crippen molar-refractivity contribution in [3.63, 3.8) is 0 Å². The molecule has 10 rings (SSSR count). The van der Waals surface area contributed by atoms with Crippen molar-refractivity contribution in [1.82, 2.24) is 9.97 Å². The number of aromatic nitrogens is 2. The first-order chi connectivity index (χ1) is 24.3. The Bertz CT molecular complexity index is 2870. The predicted octanol–water partition coefficient (Wildman–Crippen LogP) is 12.5. The van der Waals surface area contributed by atoms with E-state index in [4.69, 9.17) is 14.4 Å². The zero-order chi connectivity index (χ0) is 32.3. The van der Waals surface area contributed by atoms with Gasteiger partial charge in [-0.25, -0.2) is 9.97 Å². The third kappa shape index (κ3) is 4.59. The molecule has 2 aromatic heterocycles. The molecule has 0 bridgehead atoms. The molecule has 0 aliphatic heterocycles. The van der Waals surface area contributed by atoms with Crippen LogP contribution in [-0.4, -0.2) is 9.97 Å². The van der Waals surface area contributed by atoms with Crippen molar-refractivity contribution >= 4 is 54.3 Å². The third-order valence-electron chi connectivity index (χ3n) is 9.67. The van der Waals surface area contributed by atoms with Crippen molar-refractivity contribution in [3.05, 3.63) is 170 Å². The van der Waals surface area contributed by atoms with Gasteiger partial charge in [-0.05, 0) is 73.8 Å². The summed E-state index contributed by atoms with van der Waals surface area (Å²) in [6.45, 7) is 0. The van der Waals surface area contributed by atoms with Crippen molar-refractivity contribution in [2.75, 3.05) is 0 Å². The maximum Gasteiger partial charge on any atom is 0.160 e. The van der Waals surface area contributed by atoms with E-state index in [0.29, 0.717) is 5.82 Å². The molecule has 3 heteroatoms. The zero-order valence-electron chi connectivity index (χ0n) is 26.5. The van der Waals surface area contributed by atoms with Gasteiger partial charge in [0, 0.05) is 27.5 Å². The fourth-order valence-electron chi connectivity index (χ4n) is 7.25. The van der Waals surface area contributed by atoms with Crippen LogP contribution in [0.1, 0.15) is 0 Å². The molecular weight excluding hydrogens is 597 g/mol. The van der Waals surface area contributed by atoms with Crippen LogP contribution >= 0.6 is 0 Å². The number of benzene rings is 8. The van der Waals surface area contributed by atoms with Gasteiger partial charge >= 0.3 is 0 Å². The first-order valence-corrected chi connectivity index (χ1v) is 16.6. The van der Waals surface area contributed by atoms with Crippen LogP contribution in [0.15, 0.2) is 174 Å². The summed E-state index contributed by atoms with van der Waals surface area (Å²) in [7, 11) is 0. The minimum atomic E-state index is 0.679. The van der Waals surface area contributed by atoms with Crippen molar-refractivity contribution in [3.8, 4) is 45.0 Å². The second-order valence-electron chi connectivity index (χ2n) is 12.6. The van der Waals surface area contributed by atoms with Gasteiger partial charge in [-0.3, -0.25) is 0 Å². The van der Waals surface area contributed by atoms with Crippen LogP contribution in [0.25, 0.3) is 99.3 Å². The van der Waals surface area contributed by atoms with Gasteiger partial charge in [0.05, 0.1) is 11.4 Å². The van der Waals surface area contributed by atoms with E-state index >= 15 is 0 Å². The fraction of sp³-hybridized carbons (Fsp3) is 0. The lowest BCUT2D eigenvalue weighted by Crippen LogP contribution is -1.96. The smallest absolute Gasteiger partial charge is 0.160 e. The SMILES string of the molecule is c1ccc(-c2nc(-c3ccc(-c4cccc5c4ccc4cc6ccccc6cc45)cc3)cc(-c3cccc4c3oc3ccccc34)n2)cc1. The molecule has 0 radical (unpaired) electrons. The molecule has 2 heterocycles. The molecule has 0 saturated carbocycles. The van der Waals surface area contributed by atoms with Gasteiger partial charge in [-0.2, -0.15) is 0 Å². The van der Waals surface area contributed by atoms with Gasteiger partial charge < -0.3 is 4.42 Å². The summed E-state index contributed by atoms with van der Waals surface area (Å²) in [5.41, 5.74) is 8.70. The second kappa shape index (κ2) is 11.0. The van der Waals surface area contributed by atoms with Gasteiger partial charge in [0.1, 0.15) is 11.2 Å². The summed E-state index contributed by atoms with van der Waals surface area (Å²) in [6.07, 6.45) is 0. The Hall–Kier alpha value is -6.58. The Kier molecular flexibility index (Phi) is 6.18. The highest BCUT2D eigenvalue weighted by Crippen LogP contribution is 2.38. The van der Waals surface area contributed by atoms with Crippen LogP contribution in [0.4, 0.5) is 0 Å². The lowest BCUT2D eigenvalue weighted by molar-refractivity contribution is 0.670. The summed E-state index contributed by atoms with van der Waals surface area (Å²) >= 11 is 0. The first-order valence-electron chi connectivity index (χ1n) is 16.6. The number of nitrogens with zero attached hydrogens (tertiary/aromatic N) is 2. The third-order valence-corrected chi connectivity index (χ3v) is 9.67. The largest absolute Gasteiger partial charge is 0.455 e. The summed E-state index contributed by atoms with van der Waals surface area (Å²) in [4.78, 5) is 10.2. The van der Waals surface area contributed by atoms with Crippen molar-refractivity contribution < 1.29 is 4.42 Å². The van der Waals surface area contributed by atoms with Gasteiger partial charge in [-0.15, -0.1) is 0 Å². The van der Waals surface area contributed by atoms with Gasteiger partial charge in [-0.1, -0.05) is 140 Å². The van der Waals surface area contributed by atoms with Crippen LogP contribution < -0.4 is 0 Å². The Morgan fingerprint density at radius 3 is 1.88 bits per heavy atom. The number of rotatable bonds is 4. The molecule has 0 aliphatic carbocycles. The molecule has 0 saturated heterocycles. The van der Waals surface area contributed by atoms with Crippen LogP contribution in [-0.2, 0) is 0 Å². The monoisotopic (exact) mass is 624 g/mol. The fourth-order valence-corrected chi connectivity index (χ4v) is 7.25. The molecule has 10 aromatic rings. The maximum absolute atomic E-state index is 6.42. The highest BCUT2D eigenvalue weighted by atomic mass is 16.3. The van der Waals surface area contributed by atoms with Crippen LogP contribution in [0.5, 0.6) is 0 Å². The number of fused-ring (bicyclic) bond motifs is 7. The van der Waals surface area contributed by atoms with Crippen LogP contribution in [0.3, 0.4) is 0 Å². The number of hydrogen-bond acceptors (Lipinski definition) is 3. The molecule has 0 spiro atoms. The molecule has 0 unspecified atom stereocenters. The van der Waals surface area contributed by atoms with E-state index in [2.05, 4.69) is 133 Å². The van der Waals surface area contributed by atoms with E-state index < -0.39 is 0 Å². The Morgan fingerprint density at radius 1 is 0.347 bits per heavy atom. The molecule has 0 N–H and O–H groups in total. The van der Waals surface area contributed by atoms with E-state index in [1.807, 2.05) is 36.4 Å². The predicted molar refractivity (Wildman–Crippen MR) is 204 cm³/mol. The van der Waals surface area contributed by atoms with E-state index in [1.54, 1.807) is 0 Å². The van der Waals surface area contributed by atoms with Crippen LogP contribution in [0.2, 0.25) is 0 Å². The molecule has 0 amide bonds. The van der Waals surface area contributed by atoms with Gasteiger partial charge in [0.15, 0.2) is 5.82 Å². The van der Waals surface area contributed by atoms with E-state index in [0.717, 1.165) is 50.0 Å². The average molecular weight is 625 g/mol. The first kappa shape index (κ1) is 27.5. The highest BCUT2D eigenvalue weighted by molar-refractivity contribution is 6.15. The maximum atomic E-state index is 6.42. The normalized spacial score (nSPS) is 11.7. The van der Waals surface area contributed by atoms with Crippen LogP contribution in [0, 0.1) is 0 Å². The molecule has 49 heavy (non-hydrogen) atoms. The Labute approximate surface area is 282 Å². The summed E-state index contributed by atoms with van der Waals surface area (Å²) in [6, 6.07) is 59.8. The molecule has 0 fully saturated rings. The Morgan fingerprint density at radius 2 is 1.02 bits per heavy atom. The quantitative estimate of drug-likeness (QED) is 0.144. The molecule has 8 aromatic carbocycles. The Balaban J connectivity index is 1.10. The molecule has 3 nitrogen and oxygen atoms in total. The lowest BCUT2D eigenvalue weighted by Gasteiger charge is -2.12. The van der Waals surface area contributed by atoms with Crippen molar-refractivity contribution in [2.45, 2.75) is 0 Å². The summed E-state index contributed by atoms with van der Waals surface area (Å²) in [5, 5.41) is 9.73. The van der Waals surface area contributed by atoms with Gasteiger partial charge in [0.25, 0.3) is 0 Å². The van der Waals surface area contributed by atoms with E-state index in [-0.39, 0.29) is 0 Å². The summed E-state index contributed by atoms with van der Waals surface area (Å²) < 4.78 is 6.42. The van der Waals surface area contributed by atoms with E-state index in [9.17, 15) is 0 Å².